The number of hydrogen-bond donors (Lipinski definition) is 1. The van der Waals surface area contributed by atoms with E-state index in [1.54, 1.807) is 11.1 Å². The van der Waals surface area contributed by atoms with E-state index in [4.69, 9.17) is 4.74 Å². The van der Waals surface area contributed by atoms with Gasteiger partial charge in [0.15, 0.2) is 0 Å². The number of pyridine rings is 1. The highest BCUT2D eigenvalue weighted by Crippen LogP contribution is 2.24. The highest BCUT2D eigenvalue weighted by atomic mass is 79.9. The molecule has 3 rings (SSSR count). The topological polar surface area (TPSA) is 54.5 Å². The summed E-state index contributed by atoms with van der Waals surface area (Å²) in [6.07, 6.45) is 1.68. The molecular formula is C17H18BrN3O2. The van der Waals surface area contributed by atoms with Crippen LogP contribution in [0.4, 0.5) is 4.79 Å². The number of para-hydroxylation sites is 1. The molecule has 1 aromatic heterocycles. The number of aromatic nitrogens is 1. The predicted octanol–water partition coefficient (Wildman–Crippen LogP) is 3.34. The summed E-state index contributed by atoms with van der Waals surface area (Å²) < 4.78 is 6.79. The average molecular weight is 376 g/mol. The molecule has 2 heterocycles. The van der Waals surface area contributed by atoms with E-state index in [2.05, 4.69) is 26.2 Å². The Kier molecular flexibility index (Phi) is 4.81. The number of nitrogens with one attached hydrogen (secondary N) is 1. The molecule has 0 saturated heterocycles. The lowest BCUT2D eigenvalue weighted by Crippen LogP contribution is -2.42. The van der Waals surface area contributed by atoms with Crippen LogP contribution in [0.15, 0.2) is 47.1 Å². The number of amides is 2. The molecule has 120 valence electrons. The lowest BCUT2D eigenvalue weighted by Gasteiger charge is -2.22. The number of carbonyl (C=O) groups excluding carboxylic acids is 1. The van der Waals surface area contributed by atoms with Gasteiger partial charge in [-0.3, -0.25) is 4.98 Å². The Labute approximate surface area is 143 Å². The number of rotatable bonds is 2. The smallest absolute Gasteiger partial charge is 0.318 e. The highest BCUT2D eigenvalue weighted by molar-refractivity contribution is 9.10. The quantitative estimate of drug-likeness (QED) is 0.875. The maximum Gasteiger partial charge on any atom is 0.318 e. The van der Waals surface area contributed by atoms with E-state index in [1.165, 1.54) is 0 Å². The first-order valence-electron chi connectivity index (χ1n) is 7.49. The molecule has 1 N–H and O–H groups in total. The van der Waals surface area contributed by atoms with Gasteiger partial charge in [0, 0.05) is 16.2 Å². The van der Waals surface area contributed by atoms with Crippen LogP contribution in [-0.4, -0.2) is 28.6 Å². The molecule has 0 bridgehead atoms. The van der Waals surface area contributed by atoms with Gasteiger partial charge in [0.1, 0.15) is 11.9 Å². The number of benzene rings is 1. The first kappa shape index (κ1) is 15.8. The van der Waals surface area contributed by atoms with E-state index < -0.39 is 0 Å². The summed E-state index contributed by atoms with van der Waals surface area (Å²) in [7, 11) is 0. The van der Waals surface area contributed by atoms with Crippen LogP contribution < -0.4 is 10.1 Å². The first-order valence-corrected chi connectivity index (χ1v) is 8.29. The molecule has 1 unspecified atom stereocenters. The molecule has 1 aromatic carbocycles. The van der Waals surface area contributed by atoms with Crippen LogP contribution >= 0.6 is 15.9 Å². The molecule has 0 radical (unpaired) electrons. The van der Waals surface area contributed by atoms with Crippen LogP contribution in [0.3, 0.4) is 0 Å². The molecule has 0 fully saturated rings. The Hall–Kier alpha value is -2.08. The van der Waals surface area contributed by atoms with E-state index >= 15 is 0 Å². The summed E-state index contributed by atoms with van der Waals surface area (Å²) in [6.45, 7) is 3.46. The zero-order valence-corrected chi connectivity index (χ0v) is 14.4. The van der Waals surface area contributed by atoms with Gasteiger partial charge in [-0.1, -0.05) is 18.2 Å². The van der Waals surface area contributed by atoms with Gasteiger partial charge >= 0.3 is 6.03 Å². The van der Waals surface area contributed by atoms with E-state index in [0.29, 0.717) is 19.6 Å². The monoisotopic (exact) mass is 375 g/mol. The third-order valence-corrected chi connectivity index (χ3v) is 4.11. The van der Waals surface area contributed by atoms with Crippen LogP contribution in [0, 0.1) is 0 Å². The van der Waals surface area contributed by atoms with Gasteiger partial charge in [-0.15, -0.1) is 0 Å². The van der Waals surface area contributed by atoms with Crippen molar-refractivity contribution in [3.63, 3.8) is 0 Å². The van der Waals surface area contributed by atoms with Gasteiger partial charge in [-0.05, 0) is 41.1 Å². The number of nitrogens with zero attached hydrogens (tertiary/aromatic N) is 2. The van der Waals surface area contributed by atoms with Crippen molar-refractivity contribution in [3.05, 3.63) is 58.3 Å². The van der Waals surface area contributed by atoms with Gasteiger partial charge < -0.3 is 15.0 Å². The predicted molar refractivity (Wildman–Crippen MR) is 91.1 cm³/mol. The Morgan fingerprint density at radius 1 is 1.39 bits per heavy atom. The highest BCUT2D eigenvalue weighted by Gasteiger charge is 2.23. The summed E-state index contributed by atoms with van der Waals surface area (Å²) in [6, 6.07) is 11.5. The minimum Gasteiger partial charge on any atom is -0.489 e. The molecule has 2 amide bonds. The second-order valence-corrected chi connectivity index (χ2v) is 6.46. The van der Waals surface area contributed by atoms with Crippen LogP contribution in [0.25, 0.3) is 0 Å². The number of halogens is 1. The lowest BCUT2D eigenvalue weighted by molar-refractivity contribution is 0.158. The molecule has 1 aliphatic heterocycles. The first-order chi connectivity index (χ1) is 11.1. The molecule has 0 aliphatic carbocycles. The van der Waals surface area contributed by atoms with Crippen molar-refractivity contribution < 1.29 is 9.53 Å². The summed E-state index contributed by atoms with van der Waals surface area (Å²) in [4.78, 5) is 18.5. The van der Waals surface area contributed by atoms with E-state index in [1.807, 2.05) is 43.3 Å². The van der Waals surface area contributed by atoms with Crippen molar-refractivity contribution in [2.24, 2.45) is 0 Å². The molecule has 1 atom stereocenters. The van der Waals surface area contributed by atoms with Gasteiger partial charge in [0.25, 0.3) is 0 Å². The molecule has 23 heavy (non-hydrogen) atoms. The van der Waals surface area contributed by atoms with Crippen molar-refractivity contribution in [2.45, 2.75) is 26.1 Å². The summed E-state index contributed by atoms with van der Waals surface area (Å²) in [5, 5.41) is 2.92. The molecule has 0 spiro atoms. The maximum atomic E-state index is 12.5. The van der Waals surface area contributed by atoms with Crippen molar-refractivity contribution >= 4 is 22.0 Å². The minimum atomic E-state index is -0.109. The fraction of sp³-hybridized carbons (Fsp3) is 0.294. The number of hydrogen-bond acceptors (Lipinski definition) is 3. The second-order valence-electron chi connectivity index (χ2n) is 5.54. The minimum absolute atomic E-state index is 0.0461. The summed E-state index contributed by atoms with van der Waals surface area (Å²) in [5.74, 6) is 0.852. The lowest BCUT2D eigenvalue weighted by atomic mass is 10.2. The van der Waals surface area contributed by atoms with E-state index in [-0.39, 0.29) is 12.1 Å². The molecule has 0 saturated carbocycles. The van der Waals surface area contributed by atoms with Crippen LogP contribution in [0.1, 0.15) is 18.2 Å². The van der Waals surface area contributed by atoms with Gasteiger partial charge in [-0.25, -0.2) is 4.79 Å². The summed E-state index contributed by atoms with van der Waals surface area (Å²) in [5.41, 5.74) is 1.84. The standard InChI is InChI=1S/C17H18BrN3O2/c1-12-10-21(11-13-4-2-3-5-16(13)23-12)17(22)20-9-15-7-6-14(18)8-19-15/h2-8,12H,9-11H2,1H3,(H,20,22). The van der Waals surface area contributed by atoms with E-state index in [9.17, 15) is 4.79 Å². The number of carbonyl (C=O) groups is 1. The van der Waals surface area contributed by atoms with Crippen LogP contribution in [0.5, 0.6) is 5.75 Å². The Morgan fingerprint density at radius 2 is 2.22 bits per heavy atom. The molecular weight excluding hydrogens is 358 g/mol. The van der Waals surface area contributed by atoms with Crippen molar-refractivity contribution in [1.29, 1.82) is 0 Å². The van der Waals surface area contributed by atoms with Gasteiger partial charge in [-0.2, -0.15) is 0 Å². The molecule has 1 aliphatic rings. The average Bonchev–Trinajstić information content (AvgIpc) is 2.72. The molecule has 2 aromatic rings. The Balaban J connectivity index is 1.66. The van der Waals surface area contributed by atoms with Crippen molar-refractivity contribution in [2.75, 3.05) is 6.54 Å². The van der Waals surface area contributed by atoms with E-state index in [0.717, 1.165) is 21.5 Å². The Morgan fingerprint density at radius 3 is 3.00 bits per heavy atom. The maximum absolute atomic E-state index is 12.5. The molecule has 6 heteroatoms. The van der Waals surface area contributed by atoms with Crippen LogP contribution in [-0.2, 0) is 13.1 Å². The number of fused-ring (bicyclic) bond motifs is 1. The van der Waals surface area contributed by atoms with Gasteiger partial charge in [0.05, 0.1) is 25.3 Å². The fourth-order valence-electron chi connectivity index (χ4n) is 2.53. The third kappa shape index (κ3) is 4.01. The largest absolute Gasteiger partial charge is 0.489 e. The van der Waals surface area contributed by atoms with Gasteiger partial charge in [0.2, 0.25) is 0 Å². The van der Waals surface area contributed by atoms with Crippen molar-refractivity contribution in [3.8, 4) is 5.75 Å². The normalized spacial score (nSPS) is 17.0. The number of ether oxygens (including phenoxy) is 1. The zero-order valence-electron chi connectivity index (χ0n) is 12.8. The second kappa shape index (κ2) is 7.00. The number of urea groups is 1. The van der Waals surface area contributed by atoms with Crippen molar-refractivity contribution in [1.82, 2.24) is 15.2 Å². The Bertz CT molecular complexity index is 690. The zero-order chi connectivity index (χ0) is 16.2. The fourth-order valence-corrected chi connectivity index (χ4v) is 2.76. The molecule has 5 nitrogen and oxygen atoms in total. The van der Waals surface area contributed by atoms with Crippen LogP contribution in [0.2, 0.25) is 0 Å². The SMILES string of the molecule is CC1CN(C(=O)NCc2ccc(Br)cn2)Cc2ccccc2O1. The summed E-state index contributed by atoms with van der Waals surface area (Å²) >= 11 is 3.35. The third-order valence-electron chi connectivity index (χ3n) is 3.64.